The first kappa shape index (κ1) is 10.7. The largest absolute Gasteiger partial charge is 0.331 e. The van der Waals surface area contributed by atoms with Gasteiger partial charge in [-0.05, 0) is 38.3 Å². The lowest BCUT2D eigenvalue weighted by atomic mass is 10.0. The van der Waals surface area contributed by atoms with Crippen LogP contribution >= 0.6 is 0 Å². The van der Waals surface area contributed by atoms with Crippen LogP contribution in [0, 0.1) is 0 Å². The summed E-state index contributed by atoms with van der Waals surface area (Å²) in [5.74, 6) is 0.627. The first-order chi connectivity index (χ1) is 7.33. The number of aromatic nitrogens is 2. The van der Waals surface area contributed by atoms with Crippen molar-refractivity contribution in [3.63, 3.8) is 0 Å². The SMILES string of the molecule is CCC(C)c1cncn1C1CCNCC1. The van der Waals surface area contributed by atoms with Gasteiger partial charge in [0.1, 0.15) is 0 Å². The molecular formula is C12H21N3. The molecule has 1 atom stereocenters. The lowest BCUT2D eigenvalue weighted by molar-refractivity contribution is 0.356. The quantitative estimate of drug-likeness (QED) is 0.824. The Morgan fingerprint density at radius 1 is 1.53 bits per heavy atom. The molecular weight excluding hydrogens is 186 g/mol. The van der Waals surface area contributed by atoms with Crippen LogP contribution in [0.25, 0.3) is 0 Å². The van der Waals surface area contributed by atoms with Crippen molar-refractivity contribution in [3.8, 4) is 0 Å². The van der Waals surface area contributed by atoms with Crippen LogP contribution in [-0.4, -0.2) is 22.6 Å². The summed E-state index contributed by atoms with van der Waals surface area (Å²) in [5.41, 5.74) is 1.41. The van der Waals surface area contributed by atoms with Gasteiger partial charge in [0.25, 0.3) is 0 Å². The first-order valence-corrected chi connectivity index (χ1v) is 6.05. The zero-order valence-electron chi connectivity index (χ0n) is 9.74. The van der Waals surface area contributed by atoms with Crippen LogP contribution in [-0.2, 0) is 0 Å². The Bertz CT molecular complexity index is 300. The van der Waals surface area contributed by atoms with Crippen molar-refractivity contribution < 1.29 is 0 Å². The minimum atomic E-state index is 0.627. The van der Waals surface area contributed by atoms with Crippen molar-refractivity contribution in [2.24, 2.45) is 0 Å². The van der Waals surface area contributed by atoms with Gasteiger partial charge in [-0.15, -0.1) is 0 Å². The molecule has 1 aliphatic heterocycles. The molecule has 84 valence electrons. The molecule has 1 N–H and O–H groups in total. The summed E-state index contributed by atoms with van der Waals surface area (Å²) in [6.07, 6.45) is 7.71. The molecule has 0 aliphatic carbocycles. The molecule has 0 bridgehead atoms. The summed E-state index contributed by atoms with van der Waals surface area (Å²) >= 11 is 0. The average molecular weight is 207 g/mol. The minimum Gasteiger partial charge on any atom is -0.331 e. The van der Waals surface area contributed by atoms with E-state index in [-0.39, 0.29) is 0 Å². The number of hydrogen-bond donors (Lipinski definition) is 1. The fourth-order valence-corrected chi connectivity index (χ4v) is 2.30. The second-order valence-corrected chi connectivity index (χ2v) is 4.52. The van der Waals surface area contributed by atoms with Gasteiger partial charge in [0.2, 0.25) is 0 Å². The average Bonchev–Trinajstić information content (AvgIpc) is 2.78. The van der Waals surface area contributed by atoms with Gasteiger partial charge < -0.3 is 9.88 Å². The molecule has 1 aliphatic rings. The Kier molecular flexibility index (Phi) is 3.41. The van der Waals surface area contributed by atoms with Crippen LogP contribution in [0.4, 0.5) is 0 Å². The summed E-state index contributed by atoms with van der Waals surface area (Å²) in [5, 5.41) is 3.41. The third-order valence-electron chi connectivity index (χ3n) is 3.52. The van der Waals surface area contributed by atoms with E-state index in [2.05, 4.69) is 28.7 Å². The molecule has 2 rings (SSSR count). The van der Waals surface area contributed by atoms with E-state index in [0.29, 0.717) is 12.0 Å². The molecule has 3 nitrogen and oxygen atoms in total. The van der Waals surface area contributed by atoms with Crippen molar-refractivity contribution in [1.82, 2.24) is 14.9 Å². The van der Waals surface area contributed by atoms with Crippen LogP contribution in [0.1, 0.15) is 50.8 Å². The lowest BCUT2D eigenvalue weighted by Gasteiger charge is -2.26. The third kappa shape index (κ3) is 2.23. The van der Waals surface area contributed by atoms with Crippen LogP contribution in [0.5, 0.6) is 0 Å². The van der Waals surface area contributed by atoms with Crippen molar-refractivity contribution >= 4 is 0 Å². The molecule has 15 heavy (non-hydrogen) atoms. The van der Waals surface area contributed by atoms with Gasteiger partial charge in [-0.1, -0.05) is 13.8 Å². The monoisotopic (exact) mass is 207 g/mol. The Morgan fingerprint density at radius 3 is 2.93 bits per heavy atom. The molecule has 2 heterocycles. The third-order valence-corrected chi connectivity index (χ3v) is 3.52. The van der Waals surface area contributed by atoms with E-state index in [1.165, 1.54) is 25.0 Å². The van der Waals surface area contributed by atoms with Crippen LogP contribution < -0.4 is 5.32 Å². The van der Waals surface area contributed by atoms with Gasteiger partial charge >= 0.3 is 0 Å². The highest BCUT2D eigenvalue weighted by Crippen LogP contribution is 2.25. The molecule has 1 saturated heterocycles. The topological polar surface area (TPSA) is 29.9 Å². The van der Waals surface area contributed by atoms with Gasteiger partial charge in [0.15, 0.2) is 0 Å². The molecule has 3 heteroatoms. The highest BCUT2D eigenvalue weighted by Gasteiger charge is 2.18. The smallest absolute Gasteiger partial charge is 0.0950 e. The van der Waals surface area contributed by atoms with Crippen LogP contribution in [0.2, 0.25) is 0 Å². The number of piperidine rings is 1. The number of nitrogens with one attached hydrogen (secondary N) is 1. The fourth-order valence-electron chi connectivity index (χ4n) is 2.30. The molecule has 1 fully saturated rings. The van der Waals surface area contributed by atoms with Gasteiger partial charge in [-0.2, -0.15) is 0 Å². The molecule has 1 aromatic rings. The summed E-state index contributed by atoms with van der Waals surface area (Å²) in [4.78, 5) is 4.31. The maximum atomic E-state index is 4.31. The zero-order valence-corrected chi connectivity index (χ0v) is 9.74. The predicted octanol–water partition coefficient (Wildman–Crippen LogP) is 2.32. The highest BCUT2D eigenvalue weighted by molar-refractivity contribution is 5.06. The standard InChI is InChI=1S/C12H21N3/c1-3-10(2)12-8-14-9-15(12)11-4-6-13-7-5-11/h8-11,13H,3-7H2,1-2H3. The van der Waals surface area contributed by atoms with Crippen molar-refractivity contribution in [1.29, 1.82) is 0 Å². The molecule has 0 aromatic carbocycles. The molecule has 1 aromatic heterocycles. The Labute approximate surface area is 91.9 Å². The number of nitrogens with zero attached hydrogens (tertiary/aromatic N) is 2. The fraction of sp³-hybridized carbons (Fsp3) is 0.750. The second-order valence-electron chi connectivity index (χ2n) is 4.52. The van der Waals surface area contributed by atoms with Gasteiger partial charge in [-0.25, -0.2) is 4.98 Å². The van der Waals surface area contributed by atoms with E-state index >= 15 is 0 Å². The predicted molar refractivity (Wildman–Crippen MR) is 62.1 cm³/mol. The molecule has 0 spiro atoms. The van der Waals surface area contributed by atoms with Crippen LogP contribution in [0.3, 0.4) is 0 Å². The van der Waals surface area contributed by atoms with E-state index in [1.807, 2.05) is 12.5 Å². The lowest BCUT2D eigenvalue weighted by Crippen LogP contribution is -2.30. The van der Waals surface area contributed by atoms with E-state index in [1.54, 1.807) is 0 Å². The van der Waals surface area contributed by atoms with Gasteiger partial charge in [0, 0.05) is 17.9 Å². The minimum absolute atomic E-state index is 0.627. The number of imidazole rings is 1. The van der Waals surface area contributed by atoms with Crippen molar-refractivity contribution in [2.75, 3.05) is 13.1 Å². The van der Waals surface area contributed by atoms with Crippen molar-refractivity contribution in [3.05, 3.63) is 18.2 Å². The maximum Gasteiger partial charge on any atom is 0.0950 e. The second kappa shape index (κ2) is 4.79. The van der Waals surface area contributed by atoms with Crippen LogP contribution in [0.15, 0.2) is 12.5 Å². The Balaban J connectivity index is 2.15. The summed E-state index contributed by atoms with van der Waals surface area (Å²) in [7, 11) is 0. The Morgan fingerprint density at radius 2 is 2.27 bits per heavy atom. The molecule has 0 radical (unpaired) electrons. The van der Waals surface area contributed by atoms with Crippen molar-refractivity contribution in [2.45, 2.75) is 45.1 Å². The molecule has 0 saturated carbocycles. The maximum absolute atomic E-state index is 4.31. The summed E-state index contributed by atoms with van der Waals surface area (Å²) in [6, 6.07) is 0.665. The zero-order chi connectivity index (χ0) is 10.7. The van der Waals surface area contributed by atoms with E-state index in [0.717, 1.165) is 13.1 Å². The number of rotatable bonds is 3. The molecule has 1 unspecified atom stereocenters. The summed E-state index contributed by atoms with van der Waals surface area (Å²) in [6.45, 7) is 6.81. The normalized spacial score (nSPS) is 20.4. The number of hydrogen-bond acceptors (Lipinski definition) is 2. The van der Waals surface area contributed by atoms with E-state index in [9.17, 15) is 0 Å². The van der Waals surface area contributed by atoms with E-state index < -0.39 is 0 Å². The molecule has 0 amide bonds. The Hall–Kier alpha value is -0.830. The highest BCUT2D eigenvalue weighted by atomic mass is 15.1. The van der Waals surface area contributed by atoms with Gasteiger partial charge in [0.05, 0.1) is 6.33 Å². The van der Waals surface area contributed by atoms with Gasteiger partial charge in [-0.3, -0.25) is 0 Å². The first-order valence-electron chi connectivity index (χ1n) is 6.05. The van der Waals surface area contributed by atoms with E-state index in [4.69, 9.17) is 0 Å². The summed E-state index contributed by atoms with van der Waals surface area (Å²) < 4.78 is 2.40.